The normalized spacial score (nSPS) is 15.1. The maximum atomic E-state index is 10.6. The van der Waals surface area contributed by atoms with Gasteiger partial charge in [-0.15, -0.1) is 0 Å². The van der Waals surface area contributed by atoms with Gasteiger partial charge in [0.15, 0.2) is 6.29 Å². The molecule has 2 nitrogen and oxygen atoms in total. The third-order valence-electron chi connectivity index (χ3n) is 2.38. The fourth-order valence-electron chi connectivity index (χ4n) is 1.36. The van der Waals surface area contributed by atoms with Crippen LogP contribution in [-0.2, 0) is 10.4 Å². The Hall–Kier alpha value is -1.15. The molecule has 0 aliphatic heterocycles. The van der Waals surface area contributed by atoms with E-state index >= 15 is 0 Å². The third kappa shape index (κ3) is 1.78. The molecule has 0 spiro atoms. The number of benzene rings is 1. The van der Waals surface area contributed by atoms with E-state index in [1.165, 1.54) is 6.92 Å². The molecule has 0 heterocycles. The zero-order valence-electron chi connectivity index (χ0n) is 8.16. The summed E-state index contributed by atoms with van der Waals surface area (Å²) >= 11 is 0. The summed E-state index contributed by atoms with van der Waals surface area (Å²) in [4.78, 5) is 10.6. The van der Waals surface area contributed by atoms with Gasteiger partial charge >= 0.3 is 0 Å². The van der Waals surface area contributed by atoms with Gasteiger partial charge in [-0.25, -0.2) is 0 Å². The fourth-order valence-corrected chi connectivity index (χ4v) is 1.36. The Morgan fingerprint density at radius 3 is 2.54 bits per heavy atom. The summed E-state index contributed by atoms with van der Waals surface area (Å²) in [6.45, 7) is 5.37. The fraction of sp³-hybridized carbons (Fsp3) is 0.364. The standard InChI is InChI=1S/C11H14O2/c1-8-5-4-6-10(9(8)2)11(3,13)7-12/h4-7,13H,1-3H3. The minimum absolute atomic E-state index is 0.564. The molecule has 0 aliphatic rings. The van der Waals surface area contributed by atoms with Crippen molar-refractivity contribution in [1.29, 1.82) is 0 Å². The van der Waals surface area contributed by atoms with E-state index in [0.29, 0.717) is 11.8 Å². The van der Waals surface area contributed by atoms with Gasteiger partial charge in [0.2, 0.25) is 0 Å². The van der Waals surface area contributed by atoms with E-state index in [0.717, 1.165) is 11.1 Å². The second kappa shape index (κ2) is 3.30. The summed E-state index contributed by atoms with van der Waals surface area (Å²) in [6.07, 6.45) is 0.564. The number of aliphatic hydroxyl groups is 1. The Morgan fingerprint density at radius 1 is 1.38 bits per heavy atom. The molecule has 1 rings (SSSR count). The lowest BCUT2D eigenvalue weighted by Crippen LogP contribution is -2.24. The molecule has 13 heavy (non-hydrogen) atoms. The third-order valence-corrected chi connectivity index (χ3v) is 2.38. The van der Waals surface area contributed by atoms with Crippen LogP contribution in [0.4, 0.5) is 0 Å². The molecule has 1 atom stereocenters. The van der Waals surface area contributed by atoms with Crippen molar-refractivity contribution < 1.29 is 9.90 Å². The molecule has 1 N–H and O–H groups in total. The Balaban J connectivity index is 3.30. The van der Waals surface area contributed by atoms with Gasteiger partial charge in [-0.2, -0.15) is 0 Å². The van der Waals surface area contributed by atoms with Crippen LogP contribution in [0.25, 0.3) is 0 Å². The second-order valence-electron chi connectivity index (χ2n) is 3.51. The number of aldehydes is 1. The predicted molar refractivity (Wildman–Crippen MR) is 51.6 cm³/mol. The minimum atomic E-state index is -1.36. The molecule has 0 saturated carbocycles. The van der Waals surface area contributed by atoms with Crippen LogP contribution in [-0.4, -0.2) is 11.4 Å². The van der Waals surface area contributed by atoms with Crippen molar-refractivity contribution in [2.24, 2.45) is 0 Å². The van der Waals surface area contributed by atoms with Crippen LogP contribution in [0.1, 0.15) is 23.6 Å². The van der Waals surface area contributed by atoms with E-state index in [9.17, 15) is 9.90 Å². The van der Waals surface area contributed by atoms with Crippen molar-refractivity contribution in [3.8, 4) is 0 Å². The number of hydrogen-bond donors (Lipinski definition) is 1. The van der Waals surface area contributed by atoms with Crippen LogP contribution in [0.15, 0.2) is 18.2 Å². The molecule has 70 valence electrons. The Kier molecular flexibility index (Phi) is 2.52. The number of carbonyl (C=O) groups is 1. The molecule has 1 unspecified atom stereocenters. The van der Waals surface area contributed by atoms with Gasteiger partial charge in [0.1, 0.15) is 5.60 Å². The maximum absolute atomic E-state index is 10.6. The average Bonchev–Trinajstić information content (AvgIpc) is 2.09. The first kappa shape index (κ1) is 9.93. The first-order chi connectivity index (χ1) is 5.99. The van der Waals surface area contributed by atoms with Crippen LogP contribution in [0, 0.1) is 13.8 Å². The highest BCUT2D eigenvalue weighted by Gasteiger charge is 2.23. The molecule has 0 amide bonds. The summed E-state index contributed by atoms with van der Waals surface area (Å²) in [7, 11) is 0. The van der Waals surface area contributed by atoms with Gasteiger partial charge in [0.25, 0.3) is 0 Å². The quantitative estimate of drug-likeness (QED) is 0.700. The van der Waals surface area contributed by atoms with Gasteiger partial charge in [0, 0.05) is 0 Å². The summed E-state index contributed by atoms with van der Waals surface area (Å²) in [6, 6.07) is 5.58. The zero-order valence-corrected chi connectivity index (χ0v) is 8.16. The number of hydrogen-bond acceptors (Lipinski definition) is 2. The van der Waals surface area contributed by atoms with Crippen LogP contribution in [0.5, 0.6) is 0 Å². The van der Waals surface area contributed by atoms with Gasteiger partial charge in [-0.3, -0.25) is 4.79 Å². The molecule has 0 bridgehead atoms. The van der Waals surface area contributed by atoms with Crippen molar-refractivity contribution >= 4 is 6.29 Å². The van der Waals surface area contributed by atoms with Crippen LogP contribution in [0.3, 0.4) is 0 Å². The van der Waals surface area contributed by atoms with Crippen molar-refractivity contribution in [2.75, 3.05) is 0 Å². The van der Waals surface area contributed by atoms with Gasteiger partial charge in [-0.1, -0.05) is 18.2 Å². The summed E-state index contributed by atoms with van der Waals surface area (Å²) in [5.74, 6) is 0. The van der Waals surface area contributed by atoms with Crippen LogP contribution >= 0.6 is 0 Å². The Labute approximate surface area is 78.2 Å². The SMILES string of the molecule is Cc1cccc(C(C)(O)C=O)c1C. The monoisotopic (exact) mass is 178 g/mol. The molecule has 2 heteroatoms. The Bertz CT molecular complexity index is 327. The summed E-state index contributed by atoms with van der Waals surface area (Å²) in [5.41, 5.74) is 1.37. The van der Waals surface area contributed by atoms with Gasteiger partial charge in [0.05, 0.1) is 0 Å². The smallest absolute Gasteiger partial charge is 0.155 e. The van der Waals surface area contributed by atoms with E-state index in [1.807, 2.05) is 26.0 Å². The first-order valence-electron chi connectivity index (χ1n) is 4.24. The maximum Gasteiger partial charge on any atom is 0.155 e. The molecular weight excluding hydrogens is 164 g/mol. The highest BCUT2D eigenvalue weighted by atomic mass is 16.3. The van der Waals surface area contributed by atoms with Gasteiger partial charge in [-0.05, 0) is 37.5 Å². The van der Waals surface area contributed by atoms with Crippen LogP contribution < -0.4 is 0 Å². The molecular formula is C11H14O2. The molecule has 0 fully saturated rings. The lowest BCUT2D eigenvalue weighted by atomic mass is 9.91. The summed E-state index contributed by atoms with van der Waals surface area (Å²) < 4.78 is 0. The second-order valence-corrected chi connectivity index (χ2v) is 3.51. The van der Waals surface area contributed by atoms with Gasteiger partial charge < -0.3 is 5.11 Å². The summed E-state index contributed by atoms with van der Waals surface area (Å²) in [5, 5.41) is 9.73. The van der Waals surface area contributed by atoms with E-state index in [-0.39, 0.29) is 0 Å². The van der Waals surface area contributed by atoms with E-state index in [4.69, 9.17) is 0 Å². The van der Waals surface area contributed by atoms with Crippen LogP contribution in [0.2, 0.25) is 0 Å². The highest BCUT2D eigenvalue weighted by Crippen LogP contribution is 2.23. The van der Waals surface area contributed by atoms with E-state index < -0.39 is 5.60 Å². The molecule has 1 aromatic rings. The molecule has 0 aliphatic carbocycles. The lowest BCUT2D eigenvalue weighted by Gasteiger charge is -2.19. The minimum Gasteiger partial charge on any atom is -0.378 e. The van der Waals surface area contributed by atoms with E-state index in [1.54, 1.807) is 6.07 Å². The zero-order chi connectivity index (χ0) is 10.1. The lowest BCUT2D eigenvalue weighted by molar-refractivity contribution is -0.123. The van der Waals surface area contributed by atoms with Crippen molar-refractivity contribution in [1.82, 2.24) is 0 Å². The van der Waals surface area contributed by atoms with Crippen molar-refractivity contribution in [3.63, 3.8) is 0 Å². The molecule has 0 radical (unpaired) electrons. The van der Waals surface area contributed by atoms with E-state index in [2.05, 4.69) is 0 Å². The van der Waals surface area contributed by atoms with Crippen molar-refractivity contribution in [3.05, 3.63) is 34.9 Å². The largest absolute Gasteiger partial charge is 0.378 e. The highest BCUT2D eigenvalue weighted by molar-refractivity contribution is 5.66. The predicted octanol–water partition coefficient (Wildman–Crippen LogP) is 1.71. The number of rotatable bonds is 2. The topological polar surface area (TPSA) is 37.3 Å². The average molecular weight is 178 g/mol. The Morgan fingerprint density at radius 2 is 2.00 bits per heavy atom. The number of carbonyl (C=O) groups excluding carboxylic acids is 1. The molecule has 0 aromatic heterocycles. The first-order valence-corrected chi connectivity index (χ1v) is 4.24. The molecule has 1 aromatic carbocycles. The molecule has 0 saturated heterocycles. The number of aryl methyl sites for hydroxylation is 1. The van der Waals surface area contributed by atoms with Crippen molar-refractivity contribution in [2.45, 2.75) is 26.4 Å².